The highest BCUT2D eigenvalue weighted by Crippen LogP contribution is 2.32. The van der Waals surface area contributed by atoms with Gasteiger partial charge in [-0.2, -0.15) is 0 Å². The summed E-state index contributed by atoms with van der Waals surface area (Å²) in [4.78, 5) is 0. The van der Waals surface area contributed by atoms with Crippen molar-refractivity contribution in [2.75, 3.05) is 7.11 Å². The van der Waals surface area contributed by atoms with Crippen LogP contribution in [-0.4, -0.2) is 12.3 Å². The molecule has 0 amide bonds. The van der Waals surface area contributed by atoms with Gasteiger partial charge in [0.25, 0.3) is 0 Å². The maximum atomic E-state index is 5.41. The first-order chi connectivity index (χ1) is 7.36. The summed E-state index contributed by atoms with van der Waals surface area (Å²) >= 11 is 0. The van der Waals surface area contributed by atoms with E-state index in [1.165, 1.54) is 5.56 Å². The van der Waals surface area contributed by atoms with Crippen molar-refractivity contribution < 1.29 is 9.26 Å². The van der Waals surface area contributed by atoms with Crippen LogP contribution >= 0.6 is 0 Å². The number of rotatable bonds is 3. The zero-order valence-electron chi connectivity index (χ0n) is 8.86. The molecular weight excluding hydrogens is 190 g/mol. The molecule has 1 aromatic heterocycles. The molecule has 1 aromatic carbocycles. The number of ether oxygens (including phenoxy) is 1. The van der Waals surface area contributed by atoms with Gasteiger partial charge in [0.2, 0.25) is 0 Å². The summed E-state index contributed by atoms with van der Waals surface area (Å²) in [5, 5.41) is 3.92. The van der Waals surface area contributed by atoms with E-state index in [0.29, 0.717) is 0 Å². The second kappa shape index (κ2) is 4.17. The molecule has 0 saturated heterocycles. The van der Waals surface area contributed by atoms with Gasteiger partial charge in [0.15, 0.2) is 0 Å². The number of aromatic nitrogens is 1. The zero-order chi connectivity index (χ0) is 10.7. The molecule has 3 nitrogen and oxygen atoms in total. The van der Waals surface area contributed by atoms with Crippen LogP contribution < -0.4 is 4.74 Å². The van der Waals surface area contributed by atoms with Crippen LogP contribution in [0.4, 0.5) is 0 Å². The minimum Gasteiger partial charge on any atom is -0.496 e. The Labute approximate surface area is 88.7 Å². The maximum Gasteiger partial charge on any atom is 0.131 e. The van der Waals surface area contributed by atoms with Gasteiger partial charge in [-0.3, -0.25) is 0 Å². The summed E-state index contributed by atoms with van der Waals surface area (Å²) in [7, 11) is 1.68. The van der Waals surface area contributed by atoms with Gasteiger partial charge in [-0.05, 0) is 18.1 Å². The van der Waals surface area contributed by atoms with Crippen LogP contribution in [0.1, 0.15) is 12.5 Å². The molecule has 0 unspecified atom stereocenters. The second-order valence-corrected chi connectivity index (χ2v) is 3.24. The van der Waals surface area contributed by atoms with Gasteiger partial charge in [0.05, 0.1) is 7.11 Å². The average molecular weight is 203 g/mol. The molecule has 0 spiro atoms. The molecule has 78 valence electrons. The highest BCUT2D eigenvalue weighted by molar-refractivity contribution is 5.68. The van der Waals surface area contributed by atoms with Crippen molar-refractivity contribution in [1.82, 2.24) is 5.16 Å². The summed E-state index contributed by atoms with van der Waals surface area (Å²) in [6, 6.07) is 7.88. The molecule has 0 N–H and O–H groups in total. The van der Waals surface area contributed by atoms with Crippen LogP contribution in [0.5, 0.6) is 5.75 Å². The minimum atomic E-state index is 0.808. The van der Waals surface area contributed by atoms with Crippen molar-refractivity contribution in [3.63, 3.8) is 0 Å². The first-order valence-electron chi connectivity index (χ1n) is 4.93. The van der Waals surface area contributed by atoms with Gasteiger partial charge in [0.1, 0.15) is 17.7 Å². The number of hydrogen-bond donors (Lipinski definition) is 0. The summed E-state index contributed by atoms with van der Waals surface area (Å²) in [5.74, 6) is 0.883. The van der Waals surface area contributed by atoms with E-state index in [0.717, 1.165) is 23.4 Å². The van der Waals surface area contributed by atoms with Gasteiger partial charge >= 0.3 is 0 Å². The Bertz CT molecular complexity index is 435. The first-order valence-corrected chi connectivity index (χ1v) is 4.93. The monoisotopic (exact) mass is 203 g/mol. The highest BCUT2D eigenvalue weighted by Gasteiger charge is 2.11. The van der Waals surface area contributed by atoms with E-state index in [2.05, 4.69) is 18.1 Å². The SMILES string of the molecule is CCc1cccc(-c2ccon2)c1OC. The number of aryl methyl sites for hydroxylation is 1. The normalized spacial score (nSPS) is 10.3. The molecule has 0 fully saturated rings. The smallest absolute Gasteiger partial charge is 0.131 e. The Hall–Kier alpha value is -1.77. The molecule has 15 heavy (non-hydrogen) atoms. The maximum absolute atomic E-state index is 5.41. The molecular formula is C12H13NO2. The van der Waals surface area contributed by atoms with Crippen LogP contribution in [0, 0.1) is 0 Å². The molecule has 1 heterocycles. The lowest BCUT2D eigenvalue weighted by molar-refractivity contribution is 0.407. The Balaban J connectivity index is 2.56. The van der Waals surface area contributed by atoms with Crippen molar-refractivity contribution in [1.29, 1.82) is 0 Å². The fourth-order valence-corrected chi connectivity index (χ4v) is 1.66. The van der Waals surface area contributed by atoms with Crippen LogP contribution in [0.15, 0.2) is 35.1 Å². The predicted molar refractivity (Wildman–Crippen MR) is 57.9 cm³/mol. The largest absolute Gasteiger partial charge is 0.496 e. The molecule has 2 aromatic rings. The average Bonchev–Trinajstić information content (AvgIpc) is 2.81. The van der Waals surface area contributed by atoms with Gasteiger partial charge < -0.3 is 9.26 Å². The van der Waals surface area contributed by atoms with E-state index in [1.54, 1.807) is 13.4 Å². The predicted octanol–water partition coefficient (Wildman–Crippen LogP) is 2.91. The third-order valence-electron chi connectivity index (χ3n) is 2.40. The topological polar surface area (TPSA) is 35.3 Å². The quantitative estimate of drug-likeness (QED) is 0.769. The number of para-hydroxylation sites is 1. The lowest BCUT2D eigenvalue weighted by atomic mass is 10.0. The molecule has 2 rings (SSSR count). The lowest BCUT2D eigenvalue weighted by Gasteiger charge is -2.10. The summed E-state index contributed by atoms with van der Waals surface area (Å²) in [5.41, 5.74) is 2.96. The van der Waals surface area contributed by atoms with E-state index < -0.39 is 0 Å². The summed E-state index contributed by atoms with van der Waals surface area (Å²) < 4.78 is 10.2. The van der Waals surface area contributed by atoms with Crippen molar-refractivity contribution in [3.8, 4) is 17.0 Å². The summed E-state index contributed by atoms with van der Waals surface area (Å²) in [6.45, 7) is 2.10. The van der Waals surface area contributed by atoms with Crippen molar-refractivity contribution in [3.05, 3.63) is 36.1 Å². The lowest BCUT2D eigenvalue weighted by Crippen LogP contribution is -1.93. The van der Waals surface area contributed by atoms with Gasteiger partial charge in [0, 0.05) is 11.6 Å². The fourth-order valence-electron chi connectivity index (χ4n) is 1.66. The zero-order valence-corrected chi connectivity index (χ0v) is 8.86. The van der Waals surface area contributed by atoms with Gasteiger partial charge in [-0.1, -0.05) is 24.2 Å². The molecule has 0 aliphatic rings. The van der Waals surface area contributed by atoms with Gasteiger partial charge in [-0.15, -0.1) is 0 Å². The van der Waals surface area contributed by atoms with Crippen LogP contribution in [0.2, 0.25) is 0 Å². The third-order valence-corrected chi connectivity index (χ3v) is 2.40. The standard InChI is InChI=1S/C12H13NO2/c1-3-9-5-4-6-10(12(9)14-2)11-7-8-15-13-11/h4-8H,3H2,1-2H3. The van der Waals surface area contributed by atoms with Crippen LogP contribution in [0.25, 0.3) is 11.3 Å². The molecule has 0 aliphatic carbocycles. The number of methoxy groups -OCH3 is 1. The number of hydrogen-bond acceptors (Lipinski definition) is 3. The Morgan fingerprint density at radius 2 is 2.20 bits per heavy atom. The second-order valence-electron chi connectivity index (χ2n) is 3.24. The Kier molecular flexibility index (Phi) is 2.72. The van der Waals surface area contributed by atoms with Crippen molar-refractivity contribution in [2.24, 2.45) is 0 Å². The molecule has 0 atom stereocenters. The number of nitrogens with zero attached hydrogens (tertiary/aromatic N) is 1. The summed E-state index contributed by atoms with van der Waals surface area (Å²) in [6.07, 6.45) is 2.50. The van der Waals surface area contributed by atoms with Crippen molar-refractivity contribution >= 4 is 0 Å². The molecule has 0 bridgehead atoms. The van der Waals surface area contributed by atoms with E-state index >= 15 is 0 Å². The van der Waals surface area contributed by atoms with Gasteiger partial charge in [-0.25, -0.2) is 0 Å². The van der Waals surface area contributed by atoms with E-state index in [-0.39, 0.29) is 0 Å². The van der Waals surface area contributed by atoms with Crippen molar-refractivity contribution in [2.45, 2.75) is 13.3 Å². The highest BCUT2D eigenvalue weighted by atomic mass is 16.5. The van der Waals surface area contributed by atoms with E-state index in [4.69, 9.17) is 9.26 Å². The minimum absolute atomic E-state index is 0.808. The molecule has 0 saturated carbocycles. The molecule has 0 aliphatic heterocycles. The fraction of sp³-hybridized carbons (Fsp3) is 0.250. The van der Waals surface area contributed by atoms with E-state index in [9.17, 15) is 0 Å². The first kappa shape index (κ1) is 9.77. The molecule has 0 radical (unpaired) electrons. The number of benzene rings is 1. The van der Waals surface area contributed by atoms with E-state index in [1.807, 2.05) is 18.2 Å². The Morgan fingerprint density at radius 1 is 1.33 bits per heavy atom. The molecule has 3 heteroatoms. The third kappa shape index (κ3) is 1.73. The van der Waals surface area contributed by atoms with Crippen LogP contribution in [0.3, 0.4) is 0 Å². The van der Waals surface area contributed by atoms with Crippen LogP contribution in [-0.2, 0) is 6.42 Å². The Morgan fingerprint density at radius 3 is 2.80 bits per heavy atom.